The van der Waals surface area contributed by atoms with Gasteiger partial charge < -0.3 is 4.74 Å². The highest BCUT2D eigenvalue weighted by atomic mass is 19.2. The molecule has 1 nitrogen and oxygen atoms in total. The zero-order valence-electron chi connectivity index (χ0n) is 9.59. The van der Waals surface area contributed by atoms with Crippen LogP contribution < -0.4 is 4.74 Å². The van der Waals surface area contributed by atoms with Crippen molar-refractivity contribution < 1.29 is 39.9 Å². The van der Waals surface area contributed by atoms with E-state index < -0.39 is 58.0 Å². The monoisotopic (exact) mass is 314 g/mol. The average molecular weight is 314 g/mol. The molecule has 0 amide bonds. The van der Waals surface area contributed by atoms with Crippen molar-refractivity contribution in [1.29, 1.82) is 0 Å². The van der Waals surface area contributed by atoms with Gasteiger partial charge in [0.15, 0.2) is 17.4 Å². The molecule has 0 fully saturated rings. The van der Waals surface area contributed by atoms with Gasteiger partial charge in [-0.3, -0.25) is 0 Å². The van der Waals surface area contributed by atoms with Gasteiger partial charge >= 0.3 is 0 Å². The molecule has 112 valence electrons. The summed E-state index contributed by atoms with van der Waals surface area (Å²) in [4.78, 5) is 0. The van der Waals surface area contributed by atoms with Crippen molar-refractivity contribution in [3.8, 4) is 11.5 Å². The molecular weight excluding hydrogens is 312 g/mol. The molecule has 2 rings (SSSR count). The highest BCUT2D eigenvalue weighted by Gasteiger charge is 2.28. The number of ether oxygens (including phenoxy) is 1. The molecule has 0 heterocycles. The van der Waals surface area contributed by atoms with Gasteiger partial charge in [-0.05, 0) is 12.1 Å². The van der Waals surface area contributed by atoms with Gasteiger partial charge in [0.05, 0.1) is 0 Å². The van der Waals surface area contributed by atoms with Crippen LogP contribution in [0.1, 0.15) is 0 Å². The summed E-state index contributed by atoms with van der Waals surface area (Å²) in [6, 6.07) is 0.769. The van der Waals surface area contributed by atoms with Crippen LogP contribution in [0, 0.1) is 46.5 Å². The lowest BCUT2D eigenvalue weighted by atomic mass is 10.2. The number of benzene rings is 2. The Hall–Kier alpha value is -2.32. The van der Waals surface area contributed by atoms with Crippen LogP contribution in [0.15, 0.2) is 12.1 Å². The topological polar surface area (TPSA) is 9.23 Å². The SMILES string of the molecule is Fc1ccc(Oc2c(F)c(F)c(F)c(F)c2F)c(F)c1F. The predicted octanol–water partition coefficient (Wildman–Crippen LogP) is 4.59. The Labute approximate surface area is 111 Å². The summed E-state index contributed by atoms with van der Waals surface area (Å²) in [5.74, 6) is -20.6. The van der Waals surface area contributed by atoms with Gasteiger partial charge in [0, 0.05) is 0 Å². The minimum Gasteiger partial charge on any atom is -0.448 e. The Bertz CT molecular complexity index is 699. The van der Waals surface area contributed by atoms with Crippen molar-refractivity contribution in [3.63, 3.8) is 0 Å². The molecular formula is C12H2F8O. The molecule has 0 radical (unpaired) electrons. The summed E-state index contributed by atoms with van der Waals surface area (Å²) in [6.45, 7) is 0. The summed E-state index contributed by atoms with van der Waals surface area (Å²) >= 11 is 0. The number of hydrogen-bond donors (Lipinski definition) is 0. The van der Waals surface area contributed by atoms with Crippen LogP contribution in [-0.4, -0.2) is 0 Å². The van der Waals surface area contributed by atoms with E-state index in [1.165, 1.54) is 0 Å². The largest absolute Gasteiger partial charge is 0.448 e. The van der Waals surface area contributed by atoms with Crippen molar-refractivity contribution in [1.82, 2.24) is 0 Å². The van der Waals surface area contributed by atoms with E-state index in [-0.39, 0.29) is 0 Å². The summed E-state index contributed by atoms with van der Waals surface area (Å²) < 4.78 is 108. The van der Waals surface area contributed by atoms with Gasteiger partial charge in [0.25, 0.3) is 0 Å². The lowest BCUT2D eigenvalue weighted by Crippen LogP contribution is -2.05. The van der Waals surface area contributed by atoms with E-state index in [1.54, 1.807) is 0 Å². The first-order chi connectivity index (χ1) is 9.75. The van der Waals surface area contributed by atoms with E-state index in [9.17, 15) is 35.1 Å². The molecule has 0 saturated heterocycles. The summed E-state index contributed by atoms with van der Waals surface area (Å²) in [5, 5.41) is 0. The third-order valence-electron chi connectivity index (χ3n) is 2.38. The van der Waals surface area contributed by atoms with Crippen LogP contribution in [0.2, 0.25) is 0 Å². The van der Waals surface area contributed by atoms with E-state index in [4.69, 9.17) is 0 Å². The lowest BCUT2D eigenvalue weighted by Gasteiger charge is -2.10. The van der Waals surface area contributed by atoms with Crippen molar-refractivity contribution in [2.24, 2.45) is 0 Å². The number of hydrogen-bond acceptors (Lipinski definition) is 1. The Kier molecular flexibility index (Phi) is 3.75. The molecule has 0 aliphatic heterocycles. The van der Waals surface area contributed by atoms with Gasteiger partial charge in [-0.15, -0.1) is 0 Å². The minimum absolute atomic E-state index is 0.347. The maximum absolute atomic E-state index is 13.3. The number of halogens is 8. The van der Waals surface area contributed by atoms with E-state index >= 15 is 0 Å². The van der Waals surface area contributed by atoms with E-state index in [0.717, 1.165) is 0 Å². The van der Waals surface area contributed by atoms with Crippen LogP contribution in [0.3, 0.4) is 0 Å². The lowest BCUT2D eigenvalue weighted by molar-refractivity contribution is 0.320. The Morgan fingerprint density at radius 3 is 1.52 bits per heavy atom. The normalized spacial score (nSPS) is 10.9. The fraction of sp³-hybridized carbons (Fsp3) is 0. The maximum atomic E-state index is 13.3. The summed E-state index contributed by atoms with van der Waals surface area (Å²) in [7, 11) is 0. The molecule has 0 N–H and O–H groups in total. The van der Waals surface area contributed by atoms with Crippen LogP contribution >= 0.6 is 0 Å². The Balaban J connectivity index is 2.58. The second-order valence-electron chi connectivity index (χ2n) is 3.67. The zero-order chi connectivity index (χ0) is 15.9. The van der Waals surface area contributed by atoms with Crippen LogP contribution in [0.4, 0.5) is 35.1 Å². The van der Waals surface area contributed by atoms with Crippen molar-refractivity contribution >= 4 is 0 Å². The van der Waals surface area contributed by atoms with E-state index in [1.807, 2.05) is 0 Å². The average Bonchev–Trinajstić information content (AvgIpc) is 2.47. The molecule has 2 aromatic rings. The van der Waals surface area contributed by atoms with E-state index in [2.05, 4.69) is 4.74 Å². The van der Waals surface area contributed by atoms with Gasteiger partial charge in [-0.1, -0.05) is 0 Å². The highest BCUT2D eigenvalue weighted by Crippen LogP contribution is 2.34. The first-order valence-corrected chi connectivity index (χ1v) is 5.08. The molecule has 0 aliphatic carbocycles. The molecule has 0 aliphatic rings. The maximum Gasteiger partial charge on any atom is 0.207 e. The molecule has 0 atom stereocenters. The molecule has 0 spiro atoms. The summed E-state index contributed by atoms with van der Waals surface area (Å²) in [5.41, 5.74) is 0. The smallest absolute Gasteiger partial charge is 0.207 e. The third kappa shape index (κ3) is 2.39. The molecule has 21 heavy (non-hydrogen) atoms. The first-order valence-electron chi connectivity index (χ1n) is 5.08. The summed E-state index contributed by atoms with van der Waals surface area (Å²) in [6.07, 6.45) is 0. The highest BCUT2D eigenvalue weighted by molar-refractivity contribution is 5.36. The fourth-order valence-corrected chi connectivity index (χ4v) is 1.37. The quantitative estimate of drug-likeness (QED) is 0.447. The third-order valence-corrected chi connectivity index (χ3v) is 2.38. The van der Waals surface area contributed by atoms with E-state index in [0.29, 0.717) is 12.1 Å². The predicted molar refractivity (Wildman–Crippen MR) is 52.6 cm³/mol. The standard InChI is InChI=1S/C12H2F8O/c13-3-1-2-4(6(15)5(3)14)21-12-10(19)8(17)7(16)9(18)11(12)20/h1-2H. The molecule has 9 heteroatoms. The van der Waals surface area contributed by atoms with Gasteiger partial charge in [-0.2, -0.15) is 13.2 Å². The first kappa shape index (κ1) is 15.1. The molecule has 0 unspecified atom stereocenters. The van der Waals surface area contributed by atoms with Crippen LogP contribution in [0.5, 0.6) is 11.5 Å². The van der Waals surface area contributed by atoms with Crippen molar-refractivity contribution in [3.05, 3.63) is 58.7 Å². The Morgan fingerprint density at radius 2 is 1.00 bits per heavy atom. The van der Waals surface area contributed by atoms with Gasteiger partial charge in [-0.25, -0.2) is 22.0 Å². The molecule has 0 bridgehead atoms. The second kappa shape index (κ2) is 5.23. The fourth-order valence-electron chi connectivity index (χ4n) is 1.37. The molecule has 2 aromatic carbocycles. The molecule has 0 saturated carbocycles. The second-order valence-corrected chi connectivity index (χ2v) is 3.67. The van der Waals surface area contributed by atoms with Gasteiger partial charge in [0.2, 0.25) is 40.7 Å². The molecule has 0 aromatic heterocycles. The van der Waals surface area contributed by atoms with Crippen molar-refractivity contribution in [2.75, 3.05) is 0 Å². The zero-order valence-corrected chi connectivity index (χ0v) is 9.59. The van der Waals surface area contributed by atoms with Crippen LogP contribution in [-0.2, 0) is 0 Å². The van der Waals surface area contributed by atoms with Crippen LogP contribution in [0.25, 0.3) is 0 Å². The Morgan fingerprint density at radius 1 is 0.524 bits per heavy atom. The van der Waals surface area contributed by atoms with Gasteiger partial charge in [0.1, 0.15) is 0 Å². The number of rotatable bonds is 2. The van der Waals surface area contributed by atoms with Crippen molar-refractivity contribution in [2.45, 2.75) is 0 Å². The minimum atomic E-state index is -2.44.